The van der Waals surface area contributed by atoms with Crippen LogP contribution in [0.5, 0.6) is 0 Å². The quantitative estimate of drug-likeness (QED) is 0.928. The molecule has 2 N–H and O–H groups in total. The summed E-state index contributed by atoms with van der Waals surface area (Å²) in [6.07, 6.45) is 1.16. The number of halogens is 1. The molecule has 100 valence electrons. The van der Waals surface area contributed by atoms with E-state index in [0.717, 1.165) is 24.0 Å². The summed E-state index contributed by atoms with van der Waals surface area (Å²) >= 11 is 3.62. The fourth-order valence-corrected chi connectivity index (χ4v) is 3.22. The standard InChI is InChI=1S/C14H21BrN2O/c1-17-8-10(7-16)5-14(17)11-3-4-12(9-18-2)13(15)6-11/h3-4,6,10,14H,5,7-9,16H2,1-2H3. The number of nitrogens with two attached hydrogens (primary N) is 1. The second-order valence-electron chi connectivity index (χ2n) is 5.08. The highest BCUT2D eigenvalue weighted by molar-refractivity contribution is 9.10. The van der Waals surface area contributed by atoms with Gasteiger partial charge in [-0.3, -0.25) is 4.90 Å². The van der Waals surface area contributed by atoms with E-state index < -0.39 is 0 Å². The summed E-state index contributed by atoms with van der Waals surface area (Å²) in [7, 11) is 3.90. The summed E-state index contributed by atoms with van der Waals surface area (Å²) in [5.41, 5.74) is 8.33. The molecule has 2 rings (SSSR count). The van der Waals surface area contributed by atoms with E-state index >= 15 is 0 Å². The van der Waals surface area contributed by atoms with Crippen molar-refractivity contribution in [2.45, 2.75) is 19.1 Å². The highest BCUT2D eigenvalue weighted by atomic mass is 79.9. The van der Waals surface area contributed by atoms with E-state index in [9.17, 15) is 0 Å². The van der Waals surface area contributed by atoms with Gasteiger partial charge >= 0.3 is 0 Å². The Labute approximate surface area is 117 Å². The molecule has 1 aromatic rings. The first-order valence-corrected chi connectivity index (χ1v) is 7.12. The van der Waals surface area contributed by atoms with E-state index in [1.807, 2.05) is 0 Å². The van der Waals surface area contributed by atoms with Gasteiger partial charge in [-0.2, -0.15) is 0 Å². The summed E-state index contributed by atoms with van der Waals surface area (Å²) < 4.78 is 6.30. The minimum absolute atomic E-state index is 0.492. The molecule has 0 aliphatic carbocycles. The zero-order chi connectivity index (χ0) is 13.1. The van der Waals surface area contributed by atoms with Crippen LogP contribution >= 0.6 is 15.9 Å². The summed E-state index contributed by atoms with van der Waals surface area (Å²) in [6, 6.07) is 7.06. The first kappa shape index (κ1) is 14.0. The van der Waals surface area contributed by atoms with Crippen molar-refractivity contribution in [3.05, 3.63) is 33.8 Å². The molecule has 0 amide bonds. The number of rotatable bonds is 4. The van der Waals surface area contributed by atoms with Crippen LogP contribution in [-0.4, -0.2) is 32.1 Å². The van der Waals surface area contributed by atoms with Gasteiger partial charge in [0.25, 0.3) is 0 Å². The Bertz CT molecular complexity index is 411. The largest absolute Gasteiger partial charge is 0.380 e. The van der Waals surface area contributed by atoms with E-state index in [-0.39, 0.29) is 0 Å². The highest BCUT2D eigenvalue weighted by Gasteiger charge is 2.29. The Morgan fingerprint density at radius 1 is 1.50 bits per heavy atom. The van der Waals surface area contributed by atoms with E-state index in [4.69, 9.17) is 10.5 Å². The number of benzene rings is 1. The number of ether oxygens (including phenoxy) is 1. The average molecular weight is 313 g/mol. The number of likely N-dealkylation sites (tertiary alicyclic amines) is 1. The number of nitrogens with zero attached hydrogens (tertiary/aromatic N) is 1. The van der Waals surface area contributed by atoms with Crippen LogP contribution in [0, 0.1) is 5.92 Å². The second kappa shape index (κ2) is 6.15. The number of methoxy groups -OCH3 is 1. The first-order chi connectivity index (χ1) is 8.65. The van der Waals surface area contributed by atoms with Gasteiger partial charge in [0.05, 0.1) is 6.61 Å². The third-order valence-corrected chi connectivity index (χ3v) is 4.47. The van der Waals surface area contributed by atoms with Gasteiger partial charge in [0.15, 0.2) is 0 Å². The highest BCUT2D eigenvalue weighted by Crippen LogP contribution is 2.35. The molecule has 0 aromatic heterocycles. The summed E-state index contributed by atoms with van der Waals surface area (Å²) in [5, 5.41) is 0. The third-order valence-electron chi connectivity index (χ3n) is 3.73. The number of hydrogen-bond donors (Lipinski definition) is 1. The lowest BCUT2D eigenvalue weighted by atomic mass is 9.99. The molecule has 2 atom stereocenters. The maximum atomic E-state index is 5.78. The predicted octanol–water partition coefficient (Wildman–Crippen LogP) is 2.55. The van der Waals surface area contributed by atoms with Crippen LogP contribution in [0.1, 0.15) is 23.6 Å². The van der Waals surface area contributed by atoms with E-state index in [0.29, 0.717) is 18.6 Å². The lowest BCUT2D eigenvalue weighted by molar-refractivity contribution is 0.184. The zero-order valence-corrected chi connectivity index (χ0v) is 12.6. The third kappa shape index (κ3) is 2.94. The smallest absolute Gasteiger partial charge is 0.0724 e. The molecular formula is C14H21BrN2O. The Morgan fingerprint density at radius 2 is 2.28 bits per heavy atom. The van der Waals surface area contributed by atoms with Gasteiger partial charge in [-0.15, -0.1) is 0 Å². The molecule has 0 radical (unpaired) electrons. The summed E-state index contributed by atoms with van der Waals surface area (Å²) in [4.78, 5) is 2.40. The predicted molar refractivity (Wildman–Crippen MR) is 77.4 cm³/mol. The van der Waals surface area contributed by atoms with Crippen molar-refractivity contribution in [1.82, 2.24) is 4.90 Å². The van der Waals surface area contributed by atoms with Gasteiger partial charge in [0.2, 0.25) is 0 Å². The zero-order valence-electron chi connectivity index (χ0n) is 11.0. The Balaban J connectivity index is 2.16. The molecule has 18 heavy (non-hydrogen) atoms. The van der Waals surface area contributed by atoms with E-state index in [2.05, 4.69) is 46.1 Å². The molecule has 1 aliphatic rings. The van der Waals surface area contributed by atoms with Gasteiger partial charge in [0.1, 0.15) is 0 Å². The van der Waals surface area contributed by atoms with E-state index in [1.165, 1.54) is 11.1 Å². The van der Waals surface area contributed by atoms with Gasteiger partial charge in [-0.25, -0.2) is 0 Å². The van der Waals surface area contributed by atoms with Crippen molar-refractivity contribution in [3.8, 4) is 0 Å². The molecule has 1 aliphatic heterocycles. The Kier molecular flexibility index (Phi) is 4.78. The molecule has 0 spiro atoms. The van der Waals surface area contributed by atoms with Gasteiger partial charge < -0.3 is 10.5 Å². The van der Waals surface area contributed by atoms with Gasteiger partial charge in [-0.05, 0) is 43.1 Å². The minimum Gasteiger partial charge on any atom is -0.380 e. The molecule has 0 saturated carbocycles. The lowest BCUT2D eigenvalue weighted by Gasteiger charge is -2.20. The van der Waals surface area contributed by atoms with Crippen LogP contribution in [0.25, 0.3) is 0 Å². The van der Waals surface area contributed by atoms with Gasteiger partial charge in [-0.1, -0.05) is 28.1 Å². The topological polar surface area (TPSA) is 38.5 Å². The average Bonchev–Trinajstić information content (AvgIpc) is 2.73. The summed E-state index contributed by atoms with van der Waals surface area (Å²) in [6.45, 7) is 2.52. The SMILES string of the molecule is COCc1ccc(C2CC(CN)CN2C)cc1Br. The molecule has 4 heteroatoms. The maximum Gasteiger partial charge on any atom is 0.0724 e. The van der Waals surface area contributed by atoms with E-state index in [1.54, 1.807) is 7.11 Å². The van der Waals surface area contributed by atoms with Crippen molar-refractivity contribution in [2.75, 3.05) is 27.2 Å². The Hall–Kier alpha value is -0.420. The normalized spacial score (nSPS) is 24.7. The number of hydrogen-bond acceptors (Lipinski definition) is 3. The Morgan fingerprint density at radius 3 is 2.83 bits per heavy atom. The molecule has 1 fully saturated rings. The molecule has 1 saturated heterocycles. The van der Waals surface area contributed by atoms with Gasteiger partial charge in [0, 0.05) is 24.2 Å². The molecule has 1 aromatic carbocycles. The summed E-state index contributed by atoms with van der Waals surface area (Å²) in [5.74, 6) is 0.623. The molecule has 3 nitrogen and oxygen atoms in total. The van der Waals surface area contributed by atoms with Crippen molar-refractivity contribution >= 4 is 15.9 Å². The van der Waals surface area contributed by atoms with Crippen LogP contribution in [0.3, 0.4) is 0 Å². The molecule has 0 bridgehead atoms. The van der Waals surface area contributed by atoms with Crippen molar-refractivity contribution in [3.63, 3.8) is 0 Å². The van der Waals surface area contributed by atoms with Crippen molar-refractivity contribution in [2.24, 2.45) is 11.7 Å². The van der Waals surface area contributed by atoms with Crippen molar-refractivity contribution < 1.29 is 4.74 Å². The molecular weight excluding hydrogens is 292 g/mol. The molecule has 2 unspecified atom stereocenters. The van der Waals surface area contributed by atoms with Crippen LogP contribution in [0.15, 0.2) is 22.7 Å². The monoisotopic (exact) mass is 312 g/mol. The van der Waals surface area contributed by atoms with Crippen LogP contribution < -0.4 is 5.73 Å². The minimum atomic E-state index is 0.492. The van der Waals surface area contributed by atoms with Crippen LogP contribution in [0.2, 0.25) is 0 Å². The fourth-order valence-electron chi connectivity index (χ4n) is 2.71. The van der Waals surface area contributed by atoms with Crippen LogP contribution in [0.4, 0.5) is 0 Å². The van der Waals surface area contributed by atoms with Crippen LogP contribution in [-0.2, 0) is 11.3 Å². The first-order valence-electron chi connectivity index (χ1n) is 6.33. The fraction of sp³-hybridized carbons (Fsp3) is 0.571. The second-order valence-corrected chi connectivity index (χ2v) is 5.93. The lowest BCUT2D eigenvalue weighted by Crippen LogP contribution is -2.20. The maximum absolute atomic E-state index is 5.78. The molecule has 1 heterocycles. The van der Waals surface area contributed by atoms with Crippen molar-refractivity contribution in [1.29, 1.82) is 0 Å².